The molecule has 1 atom stereocenters. The summed E-state index contributed by atoms with van der Waals surface area (Å²) in [6, 6.07) is 5.35. The van der Waals surface area contributed by atoms with Crippen LogP contribution in [-0.4, -0.2) is 22.0 Å². The Morgan fingerprint density at radius 2 is 2.00 bits per heavy atom. The molecule has 0 unspecified atom stereocenters. The number of aliphatic hydroxyl groups excluding tert-OH is 1. The maximum absolute atomic E-state index is 11.0. The predicted octanol–water partition coefficient (Wildman–Crippen LogP) is 0.914. The Morgan fingerprint density at radius 3 is 2.40 bits per heavy atom. The molecule has 6 heteroatoms. The molecular weight excluding hydrogens is 200 g/mol. The molecule has 1 aromatic rings. The largest absolute Gasteiger partial charge is 0.384 e. The second-order valence-corrected chi connectivity index (χ2v) is 2.97. The summed E-state index contributed by atoms with van der Waals surface area (Å²) >= 11 is 0. The van der Waals surface area contributed by atoms with E-state index in [1.807, 2.05) is 0 Å². The Labute approximate surface area is 85.7 Å². The molecule has 0 fully saturated rings. The summed E-state index contributed by atoms with van der Waals surface area (Å²) in [4.78, 5) is 20.8. The van der Waals surface area contributed by atoms with E-state index < -0.39 is 16.9 Å². The molecule has 0 aromatic heterocycles. The molecule has 0 spiro atoms. The van der Waals surface area contributed by atoms with Crippen LogP contribution in [-0.2, 0) is 4.79 Å². The fourth-order valence-corrected chi connectivity index (χ4v) is 0.913. The monoisotopic (exact) mass is 210 g/mol. The molecule has 15 heavy (non-hydrogen) atoms. The number of benzene rings is 1. The van der Waals surface area contributed by atoms with Gasteiger partial charge in [0.05, 0.1) is 4.92 Å². The average molecular weight is 210 g/mol. The summed E-state index contributed by atoms with van der Waals surface area (Å²) < 4.78 is 0. The summed E-state index contributed by atoms with van der Waals surface area (Å²) in [5.41, 5.74) is 0.358. The zero-order valence-electron chi connectivity index (χ0n) is 8.01. The highest BCUT2D eigenvalue weighted by atomic mass is 16.6. The van der Waals surface area contributed by atoms with Gasteiger partial charge in [0.1, 0.15) is 6.10 Å². The van der Waals surface area contributed by atoms with Crippen molar-refractivity contribution in [3.05, 3.63) is 34.4 Å². The molecule has 6 nitrogen and oxygen atoms in total. The third-order valence-corrected chi connectivity index (χ3v) is 1.73. The number of nitro benzene ring substituents is 1. The van der Waals surface area contributed by atoms with Crippen molar-refractivity contribution in [1.29, 1.82) is 0 Å². The molecule has 0 aliphatic carbocycles. The molecule has 0 bridgehead atoms. The lowest BCUT2D eigenvalue weighted by Gasteiger charge is -2.06. The van der Waals surface area contributed by atoms with E-state index in [0.717, 1.165) is 0 Å². The van der Waals surface area contributed by atoms with Gasteiger partial charge in [-0.3, -0.25) is 14.9 Å². The second-order valence-electron chi connectivity index (χ2n) is 2.97. The molecule has 1 rings (SSSR count). The maximum atomic E-state index is 11.0. The minimum atomic E-state index is -1.11. The first-order chi connectivity index (χ1) is 7.00. The molecule has 1 amide bonds. The minimum absolute atomic E-state index is 0.0509. The number of rotatable bonds is 3. The number of nitro groups is 1. The standard InChI is InChI=1S/C9H10N2O4/c1-6(12)9(13)10-7-2-4-8(5-3-7)11(14)15/h2-6,12H,1H3,(H,10,13)/t6-/m1/s1. The molecule has 1 aromatic carbocycles. The van der Waals surface area contributed by atoms with Crippen LogP contribution in [0.25, 0.3) is 0 Å². The first-order valence-corrected chi connectivity index (χ1v) is 4.24. The number of carbonyl (C=O) groups is 1. The number of non-ortho nitro benzene ring substituents is 1. The normalized spacial score (nSPS) is 11.9. The van der Waals surface area contributed by atoms with Crippen molar-refractivity contribution in [2.45, 2.75) is 13.0 Å². The van der Waals surface area contributed by atoms with Crippen LogP contribution in [0.1, 0.15) is 6.92 Å². The molecule has 0 aliphatic rings. The number of nitrogens with zero attached hydrogens (tertiary/aromatic N) is 1. The summed E-state index contributed by atoms with van der Waals surface area (Å²) in [7, 11) is 0. The topological polar surface area (TPSA) is 92.5 Å². The number of hydrogen-bond acceptors (Lipinski definition) is 4. The van der Waals surface area contributed by atoms with Gasteiger partial charge in [-0.05, 0) is 19.1 Å². The minimum Gasteiger partial charge on any atom is -0.384 e. The molecule has 0 heterocycles. The first-order valence-electron chi connectivity index (χ1n) is 4.24. The van der Waals surface area contributed by atoms with Gasteiger partial charge in [-0.1, -0.05) is 0 Å². The zero-order valence-corrected chi connectivity index (χ0v) is 8.01. The van der Waals surface area contributed by atoms with Crippen molar-refractivity contribution in [2.75, 3.05) is 5.32 Å². The molecule has 0 saturated heterocycles. The predicted molar refractivity (Wildman–Crippen MR) is 53.4 cm³/mol. The molecule has 0 aliphatic heterocycles. The summed E-state index contributed by atoms with van der Waals surface area (Å²) in [5.74, 6) is -0.552. The number of hydrogen-bond donors (Lipinski definition) is 2. The molecule has 80 valence electrons. The Bertz CT molecular complexity index is 372. The van der Waals surface area contributed by atoms with Crippen molar-refractivity contribution in [3.8, 4) is 0 Å². The highest BCUT2D eigenvalue weighted by Gasteiger charge is 2.09. The highest BCUT2D eigenvalue weighted by molar-refractivity contribution is 5.93. The third kappa shape index (κ3) is 3.03. The Balaban J connectivity index is 2.73. The molecule has 0 saturated carbocycles. The van der Waals surface area contributed by atoms with Gasteiger partial charge in [0.2, 0.25) is 0 Å². The van der Waals surface area contributed by atoms with E-state index in [1.165, 1.54) is 31.2 Å². The smallest absolute Gasteiger partial charge is 0.269 e. The van der Waals surface area contributed by atoms with Crippen LogP contribution in [0.4, 0.5) is 11.4 Å². The summed E-state index contributed by atoms with van der Waals surface area (Å²) in [5, 5.41) is 21.6. The van der Waals surface area contributed by atoms with Crippen LogP contribution >= 0.6 is 0 Å². The van der Waals surface area contributed by atoms with Crippen LogP contribution in [0.3, 0.4) is 0 Å². The van der Waals surface area contributed by atoms with Gasteiger partial charge in [0.25, 0.3) is 11.6 Å². The van der Waals surface area contributed by atoms with Crippen LogP contribution in [0.2, 0.25) is 0 Å². The van der Waals surface area contributed by atoms with Crippen molar-refractivity contribution < 1.29 is 14.8 Å². The zero-order chi connectivity index (χ0) is 11.4. The van der Waals surface area contributed by atoms with Gasteiger partial charge in [0, 0.05) is 17.8 Å². The lowest BCUT2D eigenvalue weighted by molar-refractivity contribution is -0.384. The first kappa shape index (κ1) is 11.1. The van der Waals surface area contributed by atoms with Crippen LogP contribution < -0.4 is 5.32 Å². The van der Waals surface area contributed by atoms with Crippen molar-refractivity contribution in [3.63, 3.8) is 0 Å². The fraction of sp³-hybridized carbons (Fsp3) is 0.222. The van der Waals surface area contributed by atoms with Gasteiger partial charge in [-0.25, -0.2) is 0 Å². The molecule has 2 N–H and O–H groups in total. The quantitative estimate of drug-likeness (QED) is 0.573. The Kier molecular flexibility index (Phi) is 3.35. The number of amides is 1. The molecular formula is C9H10N2O4. The second kappa shape index (κ2) is 4.52. The lowest BCUT2D eigenvalue weighted by Crippen LogP contribution is -2.24. The van der Waals surface area contributed by atoms with E-state index in [2.05, 4.69) is 5.32 Å². The lowest BCUT2D eigenvalue weighted by atomic mass is 10.2. The van der Waals surface area contributed by atoms with E-state index in [0.29, 0.717) is 5.69 Å². The van der Waals surface area contributed by atoms with Crippen molar-refractivity contribution >= 4 is 17.3 Å². The van der Waals surface area contributed by atoms with E-state index in [9.17, 15) is 14.9 Å². The van der Waals surface area contributed by atoms with E-state index in [1.54, 1.807) is 0 Å². The van der Waals surface area contributed by atoms with Crippen LogP contribution in [0.15, 0.2) is 24.3 Å². The van der Waals surface area contributed by atoms with Gasteiger partial charge >= 0.3 is 0 Å². The average Bonchev–Trinajstić information content (AvgIpc) is 2.18. The summed E-state index contributed by atoms with van der Waals surface area (Å²) in [6.07, 6.45) is -1.11. The van der Waals surface area contributed by atoms with Gasteiger partial charge in [-0.15, -0.1) is 0 Å². The van der Waals surface area contributed by atoms with E-state index in [4.69, 9.17) is 5.11 Å². The van der Waals surface area contributed by atoms with Crippen molar-refractivity contribution in [2.24, 2.45) is 0 Å². The SMILES string of the molecule is C[C@@H](O)C(=O)Nc1ccc([N+](=O)[O-])cc1. The number of nitrogens with one attached hydrogen (secondary N) is 1. The third-order valence-electron chi connectivity index (χ3n) is 1.73. The van der Waals surface area contributed by atoms with Gasteiger partial charge in [-0.2, -0.15) is 0 Å². The van der Waals surface area contributed by atoms with E-state index in [-0.39, 0.29) is 5.69 Å². The van der Waals surface area contributed by atoms with Crippen LogP contribution in [0, 0.1) is 10.1 Å². The summed E-state index contributed by atoms with van der Waals surface area (Å²) in [6.45, 7) is 1.33. The Hall–Kier alpha value is -1.95. The number of aliphatic hydroxyl groups is 1. The van der Waals surface area contributed by atoms with Gasteiger partial charge < -0.3 is 10.4 Å². The van der Waals surface area contributed by atoms with Crippen LogP contribution in [0.5, 0.6) is 0 Å². The number of carbonyl (C=O) groups excluding carboxylic acids is 1. The highest BCUT2D eigenvalue weighted by Crippen LogP contribution is 2.15. The van der Waals surface area contributed by atoms with Gasteiger partial charge in [0.15, 0.2) is 0 Å². The fourth-order valence-electron chi connectivity index (χ4n) is 0.913. The Morgan fingerprint density at radius 1 is 1.47 bits per heavy atom. The molecule has 0 radical (unpaired) electrons. The maximum Gasteiger partial charge on any atom is 0.269 e. The van der Waals surface area contributed by atoms with Crippen molar-refractivity contribution in [1.82, 2.24) is 0 Å². The van der Waals surface area contributed by atoms with E-state index >= 15 is 0 Å². The number of anilines is 1.